The summed E-state index contributed by atoms with van der Waals surface area (Å²) in [4.78, 5) is 36.7. The molecule has 0 aliphatic heterocycles. The van der Waals surface area contributed by atoms with E-state index in [1.165, 1.54) is 12.1 Å². The fraction of sp³-hybridized carbons (Fsp3) is 0.160. The summed E-state index contributed by atoms with van der Waals surface area (Å²) in [6.07, 6.45) is 3.00. The molecule has 1 aromatic heterocycles. The number of allylic oxidation sites excluding steroid dienone is 1. The molecule has 1 heterocycles. The molecule has 0 radical (unpaired) electrons. The largest absolute Gasteiger partial charge is 0.462 e. The Balaban J connectivity index is 1.89. The number of ether oxygens (including phenoxy) is 2. The summed E-state index contributed by atoms with van der Waals surface area (Å²) in [7, 11) is 0. The van der Waals surface area contributed by atoms with Crippen molar-refractivity contribution in [2.45, 2.75) is 13.8 Å². The van der Waals surface area contributed by atoms with Crippen LogP contribution in [-0.4, -0.2) is 30.9 Å². The third-order valence-corrected chi connectivity index (χ3v) is 4.32. The summed E-state index contributed by atoms with van der Waals surface area (Å²) in [6, 6.07) is 16.9. The van der Waals surface area contributed by atoms with Gasteiger partial charge in [0.15, 0.2) is 5.78 Å². The van der Waals surface area contributed by atoms with E-state index in [1.807, 2.05) is 6.07 Å². The molecule has 0 spiro atoms. The second-order valence-corrected chi connectivity index (χ2v) is 6.51. The first kappa shape index (κ1) is 21.8. The van der Waals surface area contributed by atoms with Crippen molar-refractivity contribution in [3.63, 3.8) is 0 Å². The van der Waals surface area contributed by atoms with Crippen molar-refractivity contribution in [2.24, 2.45) is 0 Å². The highest BCUT2D eigenvalue weighted by molar-refractivity contribution is 6.06. The summed E-state index contributed by atoms with van der Waals surface area (Å²) < 4.78 is 15.9. The van der Waals surface area contributed by atoms with Gasteiger partial charge in [-0.1, -0.05) is 30.3 Å². The van der Waals surface area contributed by atoms with E-state index in [9.17, 15) is 14.4 Å². The first-order chi connectivity index (χ1) is 15.0. The normalized spacial score (nSPS) is 10.8. The van der Waals surface area contributed by atoms with E-state index in [0.717, 1.165) is 0 Å². The second kappa shape index (κ2) is 10.2. The van der Waals surface area contributed by atoms with Crippen LogP contribution in [0.4, 0.5) is 0 Å². The minimum absolute atomic E-state index is 0.146. The SMILES string of the molecule is CCOC(=O)c1cc(C(=O)OCC)cc(-c2ccc(/C=C/C(=O)c3ccccc3)o2)c1. The molecule has 3 rings (SSSR count). The summed E-state index contributed by atoms with van der Waals surface area (Å²) in [5, 5.41) is 0. The molecule has 6 nitrogen and oxygen atoms in total. The zero-order valence-electron chi connectivity index (χ0n) is 17.3. The average Bonchev–Trinajstić information content (AvgIpc) is 3.27. The van der Waals surface area contributed by atoms with Gasteiger partial charge in [-0.25, -0.2) is 9.59 Å². The molecule has 0 aliphatic rings. The van der Waals surface area contributed by atoms with Crippen LogP contribution < -0.4 is 0 Å². The van der Waals surface area contributed by atoms with Gasteiger partial charge in [0.1, 0.15) is 11.5 Å². The zero-order chi connectivity index (χ0) is 22.2. The summed E-state index contributed by atoms with van der Waals surface area (Å²) in [5.74, 6) is -0.348. The number of hydrogen-bond acceptors (Lipinski definition) is 6. The van der Waals surface area contributed by atoms with E-state index in [1.54, 1.807) is 68.5 Å². The Kier molecular flexibility index (Phi) is 7.17. The molecule has 0 saturated heterocycles. The van der Waals surface area contributed by atoms with Crippen molar-refractivity contribution in [1.29, 1.82) is 0 Å². The number of esters is 2. The third-order valence-electron chi connectivity index (χ3n) is 4.32. The smallest absolute Gasteiger partial charge is 0.338 e. The predicted molar refractivity (Wildman–Crippen MR) is 116 cm³/mol. The first-order valence-corrected chi connectivity index (χ1v) is 9.88. The molecular weight excluding hydrogens is 396 g/mol. The van der Waals surface area contributed by atoms with E-state index in [2.05, 4.69) is 0 Å². The van der Waals surface area contributed by atoms with E-state index in [-0.39, 0.29) is 30.1 Å². The Labute approximate surface area is 180 Å². The standard InChI is InChI=1S/C25H22O6/c1-3-29-24(27)19-14-18(15-20(16-19)25(28)30-4-2)23-13-11-21(31-23)10-12-22(26)17-8-6-5-7-9-17/h5-16H,3-4H2,1-2H3/b12-10+. The van der Waals surface area contributed by atoms with Crippen LogP contribution in [0.25, 0.3) is 17.4 Å². The van der Waals surface area contributed by atoms with E-state index in [0.29, 0.717) is 22.6 Å². The van der Waals surface area contributed by atoms with Gasteiger partial charge in [-0.15, -0.1) is 0 Å². The molecule has 6 heteroatoms. The van der Waals surface area contributed by atoms with Crippen LogP contribution in [0.15, 0.2) is 71.2 Å². The van der Waals surface area contributed by atoms with Crippen molar-refractivity contribution in [3.8, 4) is 11.3 Å². The molecule has 3 aromatic rings. The van der Waals surface area contributed by atoms with Gasteiger partial charge >= 0.3 is 11.9 Å². The monoisotopic (exact) mass is 418 g/mol. The van der Waals surface area contributed by atoms with Gasteiger partial charge in [0, 0.05) is 11.1 Å². The Morgan fingerprint density at radius 3 is 2.00 bits per heavy atom. The fourth-order valence-corrected chi connectivity index (χ4v) is 2.89. The first-order valence-electron chi connectivity index (χ1n) is 9.88. The van der Waals surface area contributed by atoms with E-state index in [4.69, 9.17) is 13.9 Å². The lowest BCUT2D eigenvalue weighted by atomic mass is 10.0. The van der Waals surface area contributed by atoms with Crippen molar-refractivity contribution in [2.75, 3.05) is 13.2 Å². The minimum atomic E-state index is -0.546. The van der Waals surface area contributed by atoms with Gasteiger partial charge in [-0.05, 0) is 56.3 Å². The second-order valence-electron chi connectivity index (χ2n) is 6.51. The third kappa shape index (κ3) is 5.57. The van der Waals surface area contributed by atoms with Crippen LogP contribution in [0.2, 0.25) is 0 Å². The van der Waals surface area contributed by atoms with Crippen molar-refractivity contribution in [3.05, 3.63) is 89.2 Å². The molecule has 31 heavy (non-hydrogen) atoms. The molecular formula is C25H22O6. The minimum Gasteiger partial charge on any atom is -0.462 e. The number of carbonyl (C=O) groups is 3. The number of carbonyl (C=O) groups excluding carboxylic acids is 3. The number of benzene rings is 2. The van der Waals surface area contributed by atoms with Crippen LogP contribution in [0.5, 0.6) is 0 Å². The molecule has 0 N–H and O–H groups in total. The van der Waals surface area contributed by atoms with Crippen LogP contribution in [0, 0.1) is 0 Å². The highest BCUT2D eigenvalue weighted by Crippen LogP contribution is 2.26. The number of hydrogen-bond donors (Lipinski definition) is 0. The van der Waals surface area contributed by atoms with Crippen molar-refractivity contribution in [1.82, 2.24) is 0 Å². The molecule has 0 atom stereocenters. The Bertz CT molecular complexity index is 1070. The van der Waals surface area contributed by atoms with Gasteiger partial charge in [0.25, 0.3) is 0 Å². The number of rotatable bonds is 8. The topological polar surface area (TPSA) is 82.8 Å². The van der Waals surface area contributed by atoms with E-state index >= 15 is 0 Å². The molecule has 2 aromatic carbocycles. The van der Waals surface area contributed by atoms with Gasteiger partial charge < -0.3 is 13.9 Å². The fourth-order valence-electron chi connectivity index (χ4n) is 2.89. The van der Waals surface area contributed by atoms with Gasteiger partial charge in [-0.3, -0.25) is 4.79 Å². The van der Waals surface area contributed by atoms with Crippen molar-refractivity contribution >= 4 is 23.8 Å². The van der Waals surface area contributed by atoms with Crippen LogP contribution in [0.3, 0.4) is 0 Å². The summed E-state index contributed by atoms with van der Waals surface area (Å²) in [6.45, 7) is 3.83. The summed E-state index contributed by atoms with van der Waals surface area (Å²) >= 11 is 0. The zero-order valence-corrected chi connectivity index (χ0v) is 17.3. The van der Waals surface area contributed by atoms with Crippen LogP contribution in [0.1, 0.15) is 50.7 Å². The number of furan rings is 1. The molecule has 0 bridgehead atoms. The van der Waals surface area contributed by atoms with E-state index < -0.39 is 11.9 Å². The highest BCUT2D eigenvalue weighted by atomic mass is 16.5. The molecule has 0 fully saturated rings. The van der Waals surface area contributed by atoms with Gasteiger partial charge in [0.2, 0.25) is 0 Å². The van der Waals surface area contributed by atoms with Crippen molar-refractivity contribution < 1.29 is 28.3 Å². The van der Waals surface area contributed by atoms with Crippen LogP contribution >= 0.6 is 0 Å². The van der Waals surface area contributed by atoms with Gasteiger partial charge in [-0.2, -0.15) is 0 Å². The highest BCUT2D eigenvalue weighted by Gasteiger charge is 2.17. The molecule has 158 valence electrons. The molecule has 0 aliphatic carbocycles. The quantitative estimate of drug-likeness (QED) is 0.284. The lowest BCUT2D eigenvalue weighted by molar-refractivity contribution is 0.0525. The van der Waals surface area contributed by atoms with Gasteiger partial charge in [0.05, 0.1) is 24.3 Å². The molecule has 0 unspecified atom stereocenters. The predicted octanol–water partition coefficient (Wildman–Crippen LogP) is 5.20. The molecule has 0 amide bonds. The Morgan fingerprint density at radius 1 is 0.806 bits per heavy atom. The lowest BCUT2D eigenvalue weighted by Gasteiger charge is -2.08. The lowest BCUT2D eigenvalue weighted by Crippen LogP contribution is -2.09. The Hall–Kier alpha value is -3.93. The summed E-state index contributed by atoms with van der Waals surface area (Å²) in [5.41, 5.74) is 1.53. The number of ketones is 1. The average molecular weight is 418 g/mol. The molecule has 0 saturated carbocycles. The van der Waals surface area contributed by atoms with Crippen LogP contribution in [-0.2, 0) is 9.47 Å². The maximum absolute atomic E-state index is 12.2. The Morgan fingerprint density at radius 2 is 1.42 bits per heavy atom. The maximum Gasteiger partial charge on any atom is 0.338 e. The maximum atomic E-state index is 12.2.